The number of nitriles is 1. The van der Waals surface area contributed by atoms with Crippen LogP contribution in [0.25, 0.3) is 0 Å². The van der Waals surface area contributed by atoms with Crippen LogP contribution in [0.5, 0.6) is 0 Å². The minimum Gasteiger partial charge on any atom is -0.373 e. The summed E-state index contributed by atoms with van der Waals surface area (Å²) in [4.78, 5) is 0. The second-order valence-corrected chi connectivity index (χ2v) is 5.22. The molecular formula is C16H20FNO. The second kappa shape index (κ2) is 6.68. The van der Waals surface area contributed by atoms with Crippen LogP contribution in [0, 0.1) is 23.1 Å². The Hall–Kier alpha value is -1.40. The molecule has 2 unspecified atom stereocenters. The van der Waals surface area contributed by atoms with Crippen LogP contribution in [0.4, 0.5) is 4.39 Å². The molecule has 0 aromatic heterocycles. The van der Waals surface area contributed by atoms with E-state index in [9.17, 15) is 4.39 Å². The number of benzene rings is 1. The molecule has 0 amide bonds. The standard InChI is InChI=1S/C16H20FNO/c1-2-13-5-3-4-6-16(13)19-11-14-9-12(10-18)7-8-15(14)17/h7-9,13,16H,2-6,11H2,1H3. The lowest BCUT2D eigenvalue weighted by Gasteiger charge is -2.30. The van der Waals surface area contributed by atoms with Gasteiger partial charge in [0.1, 0.15) is 5.82 Å². The van der Waals surface area contributed by atoms with E-state index in [1.807, 2.05) is 6.07 Å². The van der Waals surface area contributed by atoms with Crippen LogP contribution in [-0.4, -0.2) is 6.10 Å². The van der Waals surface area contributed by atoms with Gasteiger partial charge in [-0.3, -0.25) is 0 Å². The third kappa shape index (κ3) is 3.54. The van der Waals surface area contributed by atoms with E-state index < -0.39 is 0 Å². The van der Waals surface area contributed by atoms with Crippen LogP contribution in [0.15, 0.2) is 18.2 Å². The maximum atomic E-state index is 13.6. The zero-order chi connectivity index (χ0) is 13.7. The minimum absolute atomic E-state index is 0.240. The molecule has 1 aromatic rings. The molecule has 0 N–H and O–H groups in total. The van der Waals surface area contributed by atoms with Crippen LogP contribution < -0.4 is 0 Å². The quantitative estimate of drug-likeness (QED) is 0.814. The number of ether oxygens (including phenoxy) is 1. The molecule has 19 heavy (non-hydrogen) atoms. The monoisotopic (exact) mass is 261 g/mol. The van der Waals surface area contributed by atoms with Gasteiger partial charge < -0.3 is 4.74 Å². The molecule has 0 heterocycles. The van der Waals surface area contributed by atoms with Crippen molar-refractivity contribution in [1.82, 2.24) is 0 Å². The summed E-state index contributed by atoms with van der Waals surface area (Å²) in [6.45, 7) is 2.45. The molecule has 2 atom stereocenters. The maximum absolute atomic E-state index is 13.6. The van der Waals surface area contributed by atoms with E-state index in [0.717, 1.165) is 12.8 Å². The minimum atomic E-state index is -0.289. The van der Waals surface area contributed by atoms with Crippen molar-refractivity contribution in [2.45, 2.75) is 51.7 Å². The molecule has 0 spiro atoms. The van der Waals surface area contributed by atoms with Crippen molar-refractivity contribution in [2.24, 2.45) is 5.92 Å². The normalized spacial score (nSPS) is 23.0. The summed E-state index contributed by atoms with van der Waals surface area (Å²) < 4.78 is 19.6. The first-order valence-corrected chi connectivity index (χ1v) is 7.04. The molecule has 3 heteroatoms. The number of hydrogen-bond acceptors (Lipinski definition) is 2. The Bertz CT molecular complexity index is 466. The summed E-state index contributed by atoms with van der Waals surface area (Å²) in [6, 6.07) is 6.45. The van der Waals surface area contributed by atoms with Crippen LogP contribution in [0.3, 0.4) is 0 Å². The zero-order valence-corrected chi connectivity index (χ0v) is 11.4. The summed E-state index contributed by atoms with van der Waals surface area (Å²) in [6.07, 6.45) is 6.10. The molecule has 0 radical (unpaired) electrons. The summed E-state index contributed by atoms with van der Waals surface area (Å²) in [5.74, 6) is 0.304. The Balaban J connectivity index is 1.99. The fourth-order valence-corrected chi connectivity index (χ4v) is 2.81. The van der Waals surface area contributed by atoms with Gasteiger partial charge in [-0.05, 0) is 37.0 Å². The van der Waals surface area contributed by atoms with Gasteiger partial charge in [-0.25, -0.2) is 4.39 Å². The molecule has 1 aliphatic carbocycles. The van der Waals surface area contributed by atoms with Crippen LogP contribution >= 0.6 is 0 Å². The SMILES string of the molecule is CCC1CCCCC1OCc1cc(C#N)ccc1F. The van der Waals surface area contributed by atoms with Gasteiger partial charge in [0.25, 0.3) is 0 Å². The van der Waals surface area contributed by atoms with E-state index in [0.29, 0.717) is 17.0 Å². The second-order valence-electron chi connectivity index (χ2n) is 5.22. The van der Waals surface area contributed by atoms with Crippen LogP contribution in [-0.2, 0) is 11.3 Å². The van der Waals surface area contributed by atoms with Gasteiger partial charge >= 0.3 is 0 Å². The van der Waals surface area contributed by atoms with Gasteiger partial charge in [-0.15, -0.1) is 0 Å². The molecule has 1 saturated carbocycles. The van der Waals surface area contributed by atoms with Gasteiger partial charge in [0.15, 0.2) is 0 Å². The topological polar surface area (TPSA) is 33.0 Å². The maximum Gasteiger partial charge on any atom is 0.128 e. The number of halogens is 1. The van der Waals surface area contributed by atoms with E-state index >= 15 is 0 Å². The lowest BCUT2D eigenvalue weighted by molar-refractivity contribution is -0.0231. The van der Waals surface area contributed by atoms with E-state index in [4.69, 9.17) is 10.00 Å². The zero-order valence-electron chi connectivity index (χ0n) is 11.4. The van der Waals surface area contributed by atoms with Gasteiger partial charge in [-0.1, -0.05) is 26.2 Å². The third-order valence-corrected chi connectivity index (χ3v) is 3.99. The van der Waals surface area contributed by atoms with Crippen LogP contribution in [0.2, 0.25) is 0 Å². The number of hydrogen-bond donors (Lipinski definition) is 0. The average molecular weight is 261 g/mol. The molecule has 1 aliphatic rings. The molecule has 2 rings (SSSR count). The summed E-state index contributed by atoms with van der Waals surface area (Å²) >= 11 is 0. The van der Waals surface area contributed by atoms with Gasteiger partial charge in [0, 0.05) is 5.56 Å². The Morgan fingerprint density at radius 3 is 2.89 bits per heavy atom. The van der Waals surface area contributed by atoms with Crippen molar-refractivity contribution in [3.05, 3.63) is 35.1 Å². The van der Waals surface area contributed by atoms with E-state index in [1.165, 1.54) is 31.4 Å². The first kappa shape index (κ1) is 14.0. The first-order valence-electron chi connectivity index (χ1n) is 7.04. The highest BCUT2D eigenvalue weighted by atomic mass is 19.1. The summed E-state index contributed by atoms with van der Waals surface area (Å²) in [5.41, 5.74) is 0.968. The highest BCUT2D eigenvalue weighted by Gasteiger charge is 2.24. The summed E-state index contributed by atoms with van der Waals surface area (Å²) in [5, 5.41) is 8.84. The Kier molecular flexibility index (Phi) is 4.93. The highest BCUT2D eigenvalue weighted by Crippen LogP contribution is 2.30. The molecule has 2 nitrogen and oxygen atoms in total. The molecule has 102 valence electrons. The fourth-order valence-electron chi connectivity index (χ4n) is 2.81. The summed E-state index contributed by atoms with van der Waals surface area (Å²) in [7, 11) is 0. The van der Waals surface area contributed by atoms with E-state index in [1.54, 1.807) is 6.07 Å². The molecule has 1 fully saturated rings. The van der Waals surface area contributed by atoms with Crippen molar-refractivity contribution < 1.29 is 9.13 Å². The molecular weight excluding hydrogens is 241 g/mol. The van der Waals surface area contributed by atoms with Gasteiger partial charge in [0.2, 0.25) is 0 Å². The van der Waals surface area contributed by atoms with Crippen molar-refractivity contribution in [1.29, 1.82) is 5.26 Å². The smallest absolute Gasteiger partial charge is 0.128 e. The van der Waals surface area contributed by atoms with Gasteiger partial charge in [0.05, 0.1) is 24.3 Å². The largest absolute Gasteiger partial charge is 0.373 e. The first-order chi connectivity index (χ1) is 9.24. The Morgan fingerprint density at radius 1 is 1.37 bits per heavy atom. The van der Waals surface area contributed by atoms with Crippen LogP contribution in [0.1, 0.15) is 50.2 Å². The molecule has 0 saturated heterocycles. The van der Waals surface area contributed by atoms with E-state index in [2.05, 4.69) is 6.92 Å². The third-order valence-electron chi connectivity index (χ3n) is 3.99. The van der Waals surface area contributed by atoms with Crippen molar-refractivity contribution in [3.8, 4) is 6.07 Å². The average Bonchev–Trinajstić information content (AvgIpc) is 2.46. The van der Waals surface area contributed by atoms with Crippen molar-refractivity contribution in [3.63, 3.8) is 0 Å². The predicted molar refractivity (Wildman–Crippen MR) is 71.9 cm³/mol. The molecule has 0 bridgehead atoms. The van der Waals surface area contributed by atoms with Crippen molar-refractivity contribution in [2.75, 3.05) is 0 Å². The number of nitrogens with zero attached hydrogens (tertiary/aromatic N) is 1. The number of rotatable bonds is 4. The van der Waals surface area contributed by atoms with Crippen molar-refractivity contribution >= 4 is 0 Å². The molecule has 0 aliphatic heterocycles. The lowest BCUT2D eigenvalue weighted by atomic mass is 9.85. The fraction of sp³-hybridized carbons (Fsp3) is 0.562. The predicted octanol–water partition coefficient (Wildman–Crippen LogP) is 4.18. The Morgan fingerprint density at radius 2 is 2.16 bits per heavy atom. The highest BCUT2D eigenvalue weighted by molar-refractivity contribution is 5.33. The van der Waals surface area contributed by atoms with E-state index in [-0.39, 0.29) is 18.5 Å². The lowest BCUT2D eigenvalue weighted by Crippen LogP contribution is -2.27. The molecule has 1 aromatic carbocycles. The van der Waals surface area contributed by atoms with Gasteiger partial charge in [-0.2, -0.15) is 5.26 Å². The Labute approximate surface area is 114 Å².